The molecule has 3 aromatic rings. The van der Waals surface area contributed by atoms with E-state index in [1.165, 1.54) is 18.5 Å². The van der Waals surface area contributed by atoms with Gasteiger partial charge in [-0.2, -0.15) is 0 Å². The highest BCUT2D eigenvalue weighted by Crippen LogP contribution is 2.30. The molecule has 2 N–H and O–H groups in total. The van der Waals surface area contributed by atoms with Crippen molar-refractivity contribution < 1.29 is 9.53 Å². The van der Waals surface area contributed by atoms with Crippen molar-refractivity contribution in [2.45, 2.75) is 26.3 Å². The zero-order valence-electron chi connectivity index (χ0n) is 17.0. The highest BCUT2D eigenvalue weighted by atomic mass is 16.5. The van der Waals surface area contributed by atoms with Gasteiger partial charge in [0, 0.05) is 36.7 Å². The van der Waals surface area contributed by atoms with Gasteiger partial charge in [0.1, 0.15) is 5.75 Å². The minimum absolute atomic E-state index is 0.397. The molecule has 0 spiro atoms. The van der Waals surface area contributed by atoms with Gasteiger partial charge >= 0.3 is 0 Å². The highest BCUT2D eigenvalue weighted by Gasteiger charge is 2.18. The number of carbonyl (C=O) groups excluding carboxylic acids is 1. The Kier molecular flexibility index (Phi) is 5.30. The summed E-state index contributed by atoms with van der Waals surface area (Å²) in [6.45, 7) is 4.86. The number of anilines is 1. The summed E-state index contributed by atoms with van der Waals surface area (Å²) in [7, 11) is 1.66. The summed E-state index contributed by atoms with van der Waals surface area (Å²) in [5.74, 6) is 0.430. The number of nitrogens with two attached hydrogens (primary N) is 1. The van der Waals surface area contributed by atoms with Crippen LogP contribution >= 0.6 is 0 Å². The Morgan fingerprint density at radius 3 is 2.28 bits per heavy atom. The SMILES string of the molecule is COc1ccc(Cn2c(-c3ccc(N4CCCC4)cc3)cc(C(N)=O)c2C)cc1. The van der Waals surface area contributed by atoms with E-state index in [1.807, 2.05) is 37.3 Å². The monoisotopic (exact) mass is 389 g/mol. The number of hydrogen-bond acceptors (Lipinski definition) is 3. The Hall–Kier alpha value is -3.21. The first-order valence-electron chi connectivity index (χ1n) is 10.0. The maximum absolute atomic E-state index is 12.0. The van der Waals surface area contributed by atoms with Crippen molar-refractivity contribution in [3.8, 4) is 17.0 Å². The van der Waals surface area contributed by atoms with Crippen LogP contribution in [0.2, 0.25) is 0 Å². The largest absolute Gasteiger partial charge is 0.497 e. The van der Waals surface area contributed by atoms with Gasteiger partial charge in [0.25, 0.3) is 5.91 Å². The zero-order chi connectivity index (χ0) is 20.4. The maximum Gasteiger partial charge on any atom is 0.250 e. The number of aromatic nitrogens is 1. The Bertz CT molecular complexity index is 998. The second-order valence-electron chi connectivity index (χ2n) is 7.57. The molecule has 1 fully saturated rings. The fourth-order valence-corrected chi connectivity index (χ4v) is 4.07. The number of primary amides is 1. The zero-order valence-corrected chi connectivity index (χ0v) is 17.0. The Morgan fingerprint density at radius 2 is 1.69 bits per heavy atom. The van der Waals surface area contributed by atoms with Crippen molar-refractivity contribution >= 4 is 11.6 Å². The number of carbonyl (C=O) groups is 1. The van der Waals surface area contributed by atoms with Crippen molar-refractivity contribution in [1.82, 2.24) is 4.57 Å². The molecule has 0 saturated carbocycles. The summed E-state index contributed by atoms with van der Waals surface area (Å²) in [6.07, 6.45) is 2.52. The summed E-state index contributed by atoms with van der Waals surface area (Å²) in [5, 5.41) is 0. The summed E-state index contributed by atoms with van der Waals surface area (Å²) >= 11 is 0. The van der Waals surface area contributed by atoms with Gasteiger partial charge in [0.2, 0.25) is 0 Å². The van der Waals surface area contributed by atoms with Crippen LogP contribution in [0.4, 0.5) is 5.69 Å². The standard InChI is InChI=1S/C24H27N3O2/c1-17-22(24(25)28)15-23(27(17)16-18-5-11-21(29-2)12-6-18)19-7-9-20(10-8-19)26-13-3-4-14-26/h5-12,15H,3-4,13-14,16H2,1-2H3,(H2,25,28). The van der Waals surface area contributed by atoms with E-state index in [0.29, 0.717) is 12.1 Å². The first-order valence-corrected chi connectivity index (χ1v) is 10.0. The van der Waals surface area contributed by atoms with Gasteiger partial charge in [-0.15, -0.1) is 0 Å². The molecule has 1 aliphatic heterocycles. The minimum atomic E-state index is -0.397. The van der Waals surface area contributed by atoms with Crippen molar-refractivity contribution in [2.75, 3.05) is 25.1 Å². The Labute approximate surface area is 171 Å². The number of hydrogen-bond donors (Lipinski definition) is 1. The van der Waals surface area contributed by atoms with Gasteiger partial charge in [0.05, 0.1) is 12.7 Å². The van der Waals surface area contributed by atoms with E-state index >= 15 is 0 Å². The van der Waals surface area contributed by atoms with Crippen LogP contribution < -0.4 is 15.4 Å². The molecule has 0 atom stereocenters. The van der Waals surface area contributed by atoms with E-state index in [-0.39, 0.29) is 0 Å². The van der Waals surface area contributed by atoms with Gasteiger partial charge in [-0.25, -0.2) is 0 Å². The molecule has 0 aliphatic carbocycles. The fraction of sp³-hybridized carbons (Fsp3) is 0.292. The molecular weight excluding hydrogens is 362 g/mol. The maximum atomic E-state index is 12.0. The normalized spacial score (nSPS) is 13.7. The van der Waals surface area contributed by atoms with E-state index in [1.54, 1.807) is 7.11 Å². The smallest absolute Gasteiger partial charge is 0.250 e. The lowest BCUT2D eigenvalue weighted by Crippen LogP contribution is -2.17. The number of amides is 1. The molecule has 29 heavy (non-hydrogen) atoms. The van der Waals surface area contributed by atoms with Gasteiger partial charge in [-0.1, -0.05) is 24.3 Å². The lowest BCUT2D eigenvalue weighted by molar-refractivity contribution is 0.0999. The topological polar surface area (TPSA) is 60.5 Å². The number of nitrogens with zero attached hydrogens (tertiary/aromatic N) is 2. The highest BCUT2D eigenvalue weighted by molar-refractivity contribution is 5.95. The lowest BCUT2D eigenvalue weighted by Gasteiger charge is -2.18. The third kappa shape index (κ3) is 3.86. The molecular formula is C24H27N3O2. The molecule has 0 bridgehead atoms. The summed E-state index contributed by atoms with van der Waals surface area (Å²) in [6, 6.07) is 18.5. The molecule has 1 aliphatic rings. The van der Waals surface area contributed by atoms with Gasteiger partial charge < -0.3 is 19.9 Å². The van der Waals surface area contributed by atoms with E-state index < -0.39 is 5.91 Å². The lowest BCUT2D eigenvalue weighted by atomic mass is 10.1. The van der Waals surface area contributed by atoms with E-state index in [4.69, 9.17) is 10.5 Å². The van der Waals surface area contributed by atoms with E-state index in [2.05, 4.69) is 33.7 Å². The molecule has 4 rings (SSSR count). The number of methoxy groups -OCH3 is 1. The molecule has 0 unspecified atom stereocenters. The minimum Gasteiger partial charge on any atom is -0.497 e. The number of ether oxygens (including phenoxy) is 1. The van der Waals surface area contributed by atoms with Gasteiger partial charge in [-0.05, 0) is 61.2 Å². The van der Waals surface area contributed by atoms with E-state index in [9.17, 15) is 4.79 Å². The Balaban J connectivity index is 1.69. The predicted molar refractivity (Wildman–Crippen MR) is 117 cm³/mol. The summed E-state index contributed by atoms with van der Waals surface area (Å²) < 4.78 is 7.41. The molecule has 2 heterocycles. The van der Waals surface area contributed by atoms with Gasteiger partial charge in [0.15, 0.2) is 0 Å². The van der Waals surface area contributed by atoms with Crippen LogP contribution in [0.5, 0.6) is 5.75 Å². The predicted octanol–water partition coefficient (Wildman–Crippen LogP) is 4.22. The Morgan fingerprint density at radius 1 is 1.03 bits per heavy atom. The van der Waals surface area contributed by atoms with Crippen LogP contribution in [0.1, 0.15) is 34.5 Å². The van der Waals surface area contributed by atoms with Crippen molar-refractivity contribution in [2.24, 2.45) is 5.73 Å². The molecule has 0 radical (unpaired) electrons. The summed E-state index contributed by atoms with van der Waals surface area (Å²) in [4.78, 5) is 14.4. The fourth-order valence-electron chi connectivity index (χ4n) is 4.07. The molecule has 150 valence electrons. The van der Waals surface area contributed by atoms with Crippen molar-refractivity contribution in [1.29, 1.82) is 0 Å². The van der Waals surface area contributed by atoms with Crippen LogP contribution in [0, 0.1) is 6.92 Å². The first-order chi connectivity index (χ1) is 14.1. The second-order valence-corrected chi connectivity index (χ2v) is 7.57. The van der Waals surface area contributed by atoms with Crippen LogP contribution in [-0.2, 0) is 6.54 Å². The van der Waals surface area contributed by atoms with Crippen molar-refractivity contribution in [3.05, 3.63) is 71.4 Å². The van der Waals surface area contributed by atoms with Gasteiger partial charge in [-0.3, -0.25) is 4.79 Å². The van der Waals surface area contributed by atoms with Crippen LogP contribution in [0.25, 0.3) is 11.3 Å². The summed E-state index contributed by atoms with van der Waals surface area (Å²) in [5.41, 5.74) is 11.6. The number of rotatable bonds is 6. The molecule has 5 heteroatoms. The van der Waals surface area contributed by atoms with Crippen molar-refractivity contribution in [3.63, 3.8) is 0 Å². The first kappa shape index (κ1) is 19.1. The quantitative estimate of drug-likeness (QED) is 0.687. The average molecular weight is 389 g/mol. The molecule has 1 amide bonds. The molecule has 1 aromatic heterocycles. The molecule has 2 aromatic carbocycles. The third-order valence-electron chi connectivity index (χ3n) is 5.77. The molecule has 5 nitrogen and oxygen atoms in total. The van der Waals surface area contributed by atoms with E-state index in [0.717, 1.165) is 41.4 Å². The average Bonchev–Trinajstić information content (AvgIpc) is 3.38. The third-order valence-corrected chi connectivity index (χ3v) is 5.77. The van der Waals surface area contributed by atoms with Crippen LogP contribution in [0.15, 0.2) is 54.6 Å². The van der Waals surface area contributed by atoms with Crippen LogP contribution in [-0.4, -0.2) is 30.7 Å². The number of benzene rings is 2. The molecule has 1 saturated heterocycles. The second kappa shape index (κ2) is 8.03. The van der Waals surface area contributed by atoms with Crippen LogP contribution in [0.3, 0.4) is 0 Å².